The van der Waals surface area contributed by atoms with Crippen LogP contribution in [0.1, 0.15) is 16.0 Å². The summed E-state index contributed by atoms with van der Waals surface area (Å²) < 4.78 is 5.87. The van der Waals surface area contributed by atoms with Gasteiger partial charge in [0.05, 0.1) is 13.7 Å². The van der Waals surface area contributed by atoms with Crippen molar-refractivity contribution in [3.63, 3.8) is 0 Å². The average Bonchev–Trinajstić information content (AvgIpc) is 2.75. The number of hydrogen-bond donors (Lipinski definition) is 1. The fourth-order valence-corrected chi connectivity index (χ4v) is 2.67. The highest BCUT2D eigenvalue weighted by molar-refractivity contribution is 7.15. The first-order valence-corrected chi connectivity index (χ1v) is 6.79. The summed E-state index contributed by atoms with van der Waals surface area (Å²) in [6.07, 6.45) is 1.80. The molecule has 0 amide bonds. The zero-order valence-corrected chi connectivity index (χ0v) is 12.2. The number of nitrogens with one attached hydrogen (secondary N) is 1. The van der Waals surface area contributed by atoms with Crippen LogP contribution in [0.15, 0.2) is 18.3 Å². The molecule has 2 rings (SSSR count). The highest BCUT2D eigenvalue weighted by Crippen LogP contribution is 2.27. The van der Waals surface area contributed by atoms with Crippen LogP contribution in [0.5, 0.6) is 5.75 Å². The second-order valence-corrected chi connectivity index (χ2v) is 5.77. The third kappa shape index (κ3) is 2.94. The Balaban J connectivity index is 2.12. The van der Waals surface area contributed by atoms with Crippen molar-refractivity contribution >= 4 is 28.6 Å². The van der Waals surface area contributed by atoms with Crippen molar-refractivity contribution in [2.45, 2.75) is 20.4 Å². The molecule has 0 radical (unpaired) electrons. The van der Waals surface area contributed by atoms with Crippen molar-refractivity contribution in [2.75, 3.05) is 12.4 Å². The maximum Gasteiger partial charge on any atom is 0.183 e. The van der Waals surface area contributed by atoms with Crippen LogP contribution in [0, 0.1) is 13.8 Å². The summed E-state index contributed by atoms with van der Waals surface area (Å²) in [5, 5.41) is 3.39. The quantitative estimate of drug-likeness (QED) is 0.919. The molecule has 0 aliphatic carbocycles. The molecule has 0 spiro atoms. The molecule has 1 N–H and O–H groups in total. The molecule has 2 aromatic rings. The lowest BCUT2D eigenvalue weighted by molar-refractivity contribution is 0.411. The van der Waals surface area contributed by atoms with E-state index >= 15 is 0 Å². The van der Waals surface area contributed by atoms with Gasteiger partial charge in [0.1, 0.15) is 5.75 Å². The standard InChI is InChI=1S/C13H15ClN2OS/c1-8-5-12(17-3)9(2)4-11(8)15-6-10-7-16-13(14)18-10/h4-5,7,15H,6H2,1-3H3. The minimum Gasteiger partial charge on any atom is -0.496 e. The van der Waals surface area contributed by atoms with Crippen molar-refractivity contribution in [2.24, 2.45) is 0 Å². The highest BCUT2D eigenvalue weighted by atomic mass is 35.5. The van der Waals surface area contributed by atoms with E-state index < -0.39 is 0 Å². The summed E-state index contributed by atoms with van der Waals surface area (Å²) >= 11 is 7.29. The molecule has 0 atom stereocenters. The Morgan fingerprint density at radius 1 is 1.33 bits per heavy atom. The normalized spacial score (nSPS) is 10.4. The molecule has 1 aromatic heterocycles. The molecule has 0 aliphatic heterocycles. The Morgan fingerprint density at radius 2 is 2.11 bits per heavy atom. The van der Waals surface area contributed by atoms with Crippen LogP contribution in [-0.4, -0.2) is 12.1 Å². The highest BCUT2D eigenvalue weighted by Gasteiger charge is 2.05. The summed E-state index contributed by atoms with van der Waals surface area (Å²) in [4.78, 5) is 5.14. The number of aromatic nitrogens is 1. The van der Waals surface area contributed by atoms with Gasteiger partial charge in [-0.1, -0.05) is 11.6 Å². The summed E-state index contributed by atoms with van der Waals surface area (Å²) in [5.74, 6) is 0.916. The van der Waals surface area contributed by atoms with Gasteiger partial charge in [-0.15, -0.1) is 11.3 Å². The lowest BCUT2D eigenvalue weighted by Gasteiger charge is -2.12. The van der Waals surface area contributed by atoms with Crippen molar-refractivity contribution in [3.05, 3.63) is 38.8 Å². The minimum atomic E-state index is 0.578. The van der Waals surface area contributed by atoms with Gasteiger partial charge in [0.25, 0.3) is 0 Å². The number of anilines is 1. The van der Waals surface area contributed by atoms with Gasteiger partial charge < -0.3 is 10.1 Å². The number of aryl methyl sites for hydroxylation is 2. The van der Waals surface area contributed by atoms with Crippen LogP contribution in [0.3, 0.4) is 0 Å². The second kappa shape index (κ2) is 5.59. The van der Waals surface area contributed by atoms with E-state index in [1.165, 1.54) is 11.3 Å². The molecule has 0 fully saturated rings. The molecule has 0 saturated carbocycles. The Morgan fingerprint density at radius 3 is 2.72 bits per heavy atom. The molecule has 18 heavy (non-hydrogen) atoms. The number of hydrogen-bond acceptors (Lipinski definition) is 4. The number of thiazole rings is 1. The number of methoxy groups -OCH3 is 1. The maximum absolute atomic E-state index is 5.80. The van der Waals surface area contributed by atoms with Crippen LogP contribution in [0.2, 0.25) is 4.47 Å². The lowest BCUT2D eigenvalue weighted by atomic mass is 10.1. The van der Waals surface area contributed by atoms with Gasteiger partial charge in [-0.25, -0.2) is 4.98 Å². The van der Waals surface area contributed by atoms with Gasteiger partial charge >= 0.3 is 0 Å². The maximum atomic E-state index is 5.80. The number of benzene rings is 1. The Hall–Kier alpha value is -1.26. The van der Waals surface area contributed by atoms with Crippen molar-refractivity contribution in [3.8, 4) is 5.75 Å². The summed E-state index contributed by atoms with van der Waals surface area (Å²) in [5.41, 5.74) is 3.39. The molecule has 1 aromatic carbocycles. The molecule has 1 heterocycles. The van der Waals surface area contributed by atoms with Crippen LogP contribution in [0.4, 0.5) is 5.69 Å². The Kier molecular flexibility index (Phi) is 4.09. The number of halogens is 1. The summed E-state index contributed by atoms with van der Waals surface area (Å²) in [7, 11) is 1.69. The molecule has 0 aliphatic rings. The monoisotopic (exact) mass is 282 g/mol. The van der Waals surface area contributed by atoms with Gasteiger partial charge in [0, 0.05) is 16.8 Å². The summed E-state index contributed by atoms with van der Waals surface area (Å²) in [6.45, 7) is 4.83. The van der Waals surface area contributed by atoms with Crippen molar-refractivity contribution in [1.29, 1.82) is 0 Å². The first-order chi connectivity index (χ1) is 8.60. The predicted octanol–water partition coefficient (Wildman–Crippen LogP) is 4.03. The van der Waals surface area contributed by atoms with Crippen molar-refractivity contribution < 1.29 is 4.74 Å². The largest absolute Gasteiger partial charge is 0.496 e. The molecular formula is C13H15ClN2OS. The summed E-state index contributed by atoms with van der Waals surface area (Å²) in [6, 6.07) is 4.13. The molecule has 0 saturated heterocycles. The van der Waals surface area contributed by atoms with Crippen molar-refractivity contribution in [1.82, 2.24) is 4.98 Å². The van der Waals surface area contributed by atoms with Gasteiger partial charge in [0.2, 0.25) is 0 Å². The van der Waals surface area contributed by atoms with Gasteiger partial charge in [0.15, 0.2) is 4.47 Å². The topological polar surface area (TPSA) is 34.1 Å². The molecule has 0 unspecified atom stereocenters. The zero-order valence-electron chi connectivity index (χ0n) is 10.6. The van der Waals surface area contributed by atoms with E-state index in [-0.39, 0.29) is 0 Å². The van der Waals surface area contributed by atoms with E-state index in [2.05, 4.69) is 23.3 Å². The van der Waals surface area contributed by atoms with Gasteiger partial charge in [-0.05, 0) is 37.1 Å². The number of rotatable bonds is 4. The smallest absolute Gasteiger partial charge is 0.183 e. The van der Waals surface area contributed by atoms with Crippen LogP contribution < -0.4 is 10.1 Å². The lowest BCUT2D eigenvalue weighted by Crippen LogP contribution is -2.00. The van der Waals surface area contributed by atoms with E-state index in [4.69, 9.17) is 16.3 Å². The van der Waals surface area contributed by atoms with Gasteiger partial charge in [-0.3, -0.25) is 0 Å². The average molecular weight is 283 g/mol. The van der Waals surface area contributed by atoms with Crippen LogP contribution >= 0.6 is 22.9 Å². The Bertz CT molecular complexity index is 554. The Labute approximate surface area is 116 Å². The first-order valence-electron chi connectivity index (χ1n) is 5.59. The van der Waals surface area contributed by atoms with Crippen LogP contribution in [-0.2, 0) is 6.54 Å². The van der Waals surface area contributed by atoms with Gasteiger partial charge in [-0.2, -0.15) is 0 Å². The molecular weight excluding hydrogens is 268 g/mol. The number of ether oxygens (including phenoxy) is 1. The third-order valence-electron chi connectivity index (χ3n) is 2.72. The van der Waals surface area contributed by atoms with E-state index in [0.29, 0.717) is 4.47 Å². The molecule has 0 bridgehead atoms. The molecule has 3 nitrogen and oxygen atoms in total. The minimum absolute atomic E-state index is 0.578. The fraction of sp³-hybridized carbons (Fsp3) is 0.308. The fourth-order valence-electron chi connectivity index (χ4n) is 1.75. The predicted molar refractivity (Wildman–Crippen MR) is 76.9 cm³/mol. The van der Waals surface area contributed by atoms with E-state index in [1.807, 2.05) is 13.0 Å². The zero-order chi connectivity index (χ0) is 13.1. The third-order valence-corrected chi connectivity index (χ3v) is 3.84. The number of nitrogens with zero attached hydrogens (tertiary/aromatic N) is 1. The molecule has 96 valence electrons. The van der Waals surface area contributed by atoms with E-state index in [0.717, 1.165) is 34.0 Å². The SMILES string of the molecule is COc1cc(C)c(NCc2cnc(Cl)s2)cc1C. The first kappa shape index (κ1) is 13.2. The van der Waals surface area contributed by atoms with E-state index in [1.54, 1.807) is 13.3 Å². The molecule has 5 heteroatoms. The van der Waals surface area contributed by atoms with E-state index in [9.17, 15) is 0 Å². The van der Waals surface area contributed by atoms with Crippen LogP contribution in [0.25, 0.3) is 0 Å². The second-order valence-electron chi connectivity index (χ2n) is 4.07.